The molecular weight excluding hydrogens is 312 g/mol. The van der Waals surface area contributed by atoms with Gasteiger partial charge in [-0.15, -0.1) is 0 Å². The summed E-state index contributed by atoms with van der Waals surface area (Å²) in [7, 11) is 0. The number of nitriles is 1. The number of para-hydroxylation sites is 1. The maximum Gasteiger partial charge on any atom is 0.321 e. The van der Waals surface area contributed by atoms with E-state index in [9.17, 15) is 4.79 Å². The molecule has 1 heterocycles. The predicted octanol–water partition coefficient (Wildman–Crippen LogP) is 3.47. The summed E-state index contributed by atoms with van der Waals surface area (Å²) in [5.41, 5.74) is 3.73. The standard InChI is InChI=1S/C20H22N4O/c1-2-17-7-3-4-9-19(17)22-20(25)24-12-10-23(11-13-24)18-8-5-6-16(14-18)15-21/h3-9,14H,2,10-13H2,1H3,(H,22,25). The molecule has 0 atom stereocenters. The zero-order valence-corrected chi connectivity index (χ0v) is 14.4. The third kappa shape index (κ3) is 3.92. The van der Waals surface area contributed by atoms with Crippen molar-refractivity contribution in [3.05, 3.63) is 59.7 Å². The van der Waals surface area contributed by atoms with Gasteiger partial charge in [0, 0.05) is 37.6 Å². The van der Waals surface area contributed by atoms with Gasteiger partial charge in [0.2, 0.25) is 0 Å². The van der Waals surface area contributed by atoms with E-state index in [0.717, 1.165) is 36.4 Å². The van der Waals surface area contributed by atoms with Gasteiger partial charge in [-0.3, -0.25) is 0 Å². The second-order valence-corrected chi connectivity index (χ2v) is 6.08. The Bertz CT molecular complexity index is 788. The van der Waals surface area contributed by atoms with E-state index in [1.54, 1.807) is 6.07 Å². The fourth-order valence-corrected chi connectivity index (χ4v) is 3.08. The molecule has 25 heavy (non-hydrogen) atoms. The van der Waals surface area contributed by atoms with E-state index in [-0.39, 0.29) is 6.03 Å². The number of piperazine rings is 1. The Kier molecular flexibility index (Phi) is 5.20. The fraction of sp³-hybridized carbons (Fsp3) is 0.300. The minimum absolute atomic E-state index is 0.0497. The summed E-state index contributed by atoms with van der Waals surface area (Å²) in [4.78, 5) is 16.6. The Morgan fingerprint density at radius 3 is 2.60 bits per heavy atom. The molecule has 1 aliphatic heterocycles. The minimum Gasteiger partial charge on any atom is -0.368 e. The number of nitrogens with one attached hydrogen (secondary N) is 1. The number of hydrogen-bond donors (Lipinski definition) is 1. The molecule has 0 unspecified atom stereocenters. The lowest BCUT2D eigenvalue weighted by Gasteiger charge is -2.36. The van der Waals surface area contributed by atoms with Crippen LogP contribution in [-0.2, 0) is 6.42 Å². The first-order valence-corrected chi connectivity index (χ1v) is 8.60. The van der Waals surface area contributed by atoms with Crippen molar-refractivity contribution >= 4 is 17.4 Å². The minimum atomic E-state index is -0.0497. The van der Waals surface area contributed by atoms with E-state index in [4.69, 9.17) is 5.26 Å². The number of benzene rings is 2. The largest absolute Gasteiger partial charge is 0.368 e. The van der Waals surface area contributed by atoms with Crippen molar-refractivity contribution in [1.82, 2.24) is 4.90 Å². The highest BCUT2D eigenvalue weighted by Gasteiger charge is 2.21. The second-order valence-electron chi connectivity index (χ2n) is 6.08. The van der Waals surface area contributed by atoms with Crippen LogP contribution in [-0.4, -0.2) is 37.1 Å². The summed E-state index contributed by atoms with van der Waals surface area (Å²) in [5.74, 6) is 0. The summed E-state index contributed by atoms with van der Waals surface area (Å²) < 4.78 is 0. The third-order valence-electron chi connectivity index (χ3n) is 4.55. The van der Waals surface area contributed by atoms with E-state index in [1.165, 1.54) is 0 Å². The lowest BCUT2D eigenvalue weighted by Crippen LogP contribution is -2.50. The molecule has 2 aromatic carbocycles. The van der Waals surface area contributed by atoms with Crippen LogP contribution in [0, 0.1) is 11.3 Å². The van der Waals surface area contributed by atoms with Crippen LogP contribution in [0.1, 0.15) is 18.1 Å². The van der Waals surface area contributed by atoms with Gasteiger partial charge in [0.05, 0.1) is 11.6 Å². The van der Waals surface area contributed by atoms with Crippen LogP contribution in [0.3, 0.4) is 0 Å². The van der Waals surface area contributed by atoms with Crippen molar-refractivity contribution < 1.29 is 4.79 Å². The molecule has 1 saturated heterocycles. The molecular formula is C20H22N4O. The molecule has 2 amide bonds. The molecule has 0 saturated carbocycles. The molecule has 128 valence electrons. The molecule has 0 spiro atoms. The van der Waals surface area contributed by atoms with Crippen LogP contribution in [0.4, 0.5) is 16.2 Å². The monoisotopic (exact) mass is 334 g/mol. The zero-order chi connectivity index (χ0) is 17.6. The van der Waals surface area contributed by atoms with Crippen LogP contribution >= 0.6 is 0 Å². The summed E-state index contributed by atoms with van der Waals surface area (Å²) in [5, 5.41) is 12.1. The van der Waals surface area contributed by atoms with Crippen molar-refractivity contribution in [2.45, 2.75) is 13.3 Å². The van der Waals surface area contributed by atoms with Crippen LogP contribution in [0.5, 0.6) is 0 Å². The lowest BCUT2D eigenvalue weighted by molar-refractivity contribution is 0.208. The van der Waals surface area contributed by atoms with Crippen molar-refractivity contribution in [3.63, 3.8) is 0 Å². The van der Waals surface area contributed by atoms with E-state index in [0.29, 0.717) is 18.7 Å². The molecule has 3 rings (SSSR count). The van der Waals surface area contributed by atoms with Gasteiger partial charge >= 0.3 is 6.03 Å². The number of anilines is 2. The highest BCUT2D eigenvalue weighted by molar-refractivity contribution is 5.90. The van der Waals surface area contributed by atoms with Gasteiger partial charge in [0.15, 0.2) is 0 Å². The molecule has 0 aromatic heterocycles. The highest BCUT2D eigenvalue weighted by Crippen LogP contribution is 2.19. The van der Waals surface area contributed by atoms with Gasteiger partial charge in [0.1, 0.15) is 0 Å². The molecule has 2 aromatic rings. The summed E-state index contributed by atoms with van der Waals surface area (Å²) in [6.45, 7) is 4.93. The molecule has 5 nitrogen and oxygen atoms in total. The smallest absolute Gasteiger partial charge is 0.321 e. The first-order chi connectivity index (χ1) is 12.2. The number of carbonyl (C=O) groups is 1. The number of aryl methyl sites for hydroxylation is 1. The molecule has 1 N–H and O–H groups in total. The highest BCUT2D eigenvalue weighted by atomic mass is 16.2. The van der Waals surface area contributed by atoms with E-state index >= 15 is 0 Å². The van der Waals surface area contributed by atoms with Crippen LogP contribution in [0.15, 0.2) is 48.5 Å². The number of amides is 2. The Labute approximate surface area is 148 Å². The van der Waals surface area contributed by atoms with Gasteiger partial charge in [-0.2, -0.15) is 5.26 Å². The number of carbonyl (C=O) groups excluding carboxylic acids is 1. The Balaban J connectivity index is 1.60. The van der Waals surface area contributed by atoms with Gasteiger partial charge in [-0.25, -0.2) is 4.79 Å². The third-order valence-corrected chi connectivity index (χ3v) is 4.55. The average Bonchev–Trinajstić information content (AvgIpc) is 2.68. The SMILES string of the molecule is CCc1ccccc1NC(=O)N1CCN(c2cccc(C#N)c2)CC1. The van der Waals surface area contributed by atoms with Gasteiger partial charge in [0.25, 0.3) is 0 Å². The Morgan fingerprint density at radius 2 is 1.88 bits per heavy atom. The quantitative estimate of drug-likeness (QED) is 0.935. The number of nitrogens with zero attached hydrogens (tertiary/aromatic N) is 3. The first kappa shape index (κ1) is 16.8. The Hall–Kier alpha value is -3.00. The van der Waals surface area contributed by atoms with E-state index in [2.05, 4.69) is 23.2 Å². The summed E-state index contributed by atoms with van der Waals surface area (Å²) >= 11 is 0. The van der Waals surface area contributed by atoms with Gasteiger partial charge < -0.3 is 15.1 Å². The average molecular weight is 334 g/mol. The number of urea groups is 1. The molecule has 0 bridgehead atoms. The van der Waals surface area contributed by atoms with Gasteiger partial charge in [-0.05, 0) is 36.2 Å². The summed E-state index contributed by atoms with van der Waals surface area (Å²) in [6.07, 6.45) is 0.888. The topological polar surface area (TPSA) is 59.4 Å². The normalized spacial score (nSPS) is 14.1. The van der Waals surface area contributed by atoms with Crippen LogP contribution in [0.2, 0.25) is 0 Å². The molecule has 5 heteroatoms. The van der Waals surface area contributed by atoms with Crippen LogP contribution in [0.25, 0.3) is 0 Å². The van der Waals surface area contributed by atoms with Crippen molar-refractivity contribution in [2.24, 2.45) is 0 Å². The van der Waals surface area contributed by atoms with Crippen LogP contribution < -0.4 is 10.2 Å². The number of hydrogen-bond acceptors (Lipinski definition) is 3. The maximum absolute atomic E-state index is 12.5. The predicted molar refractivity (Wildman–Crippen MR) is 99.8 cm³/mol. The molecule has 1 fully saturated rings. The second kappa shape index (κ2) is 7.71. The van der Waals surface area contributed by atoms with Crippen molar-refractivity contribution in [1.29, 1.82) is 5.26 Å². The molecule has 0 aliphatic carbocycles. The fourth-order valence-electron chi connectivity index (χ4n) is 3.08. The van der Waals surface area contributed by atoms with E-state index < -0.39 is 0 Å². The van der Waals surface area contributed by atoms with Crippen molar-refractivity contribution in [2.75, 3.05) is 36.4 Å². The summed E-state index contributed by atoms with van der Waals surface area (Å²) in [6, 6.07) is 17.6. The van der Waals surface area contributed by atoms with E-state index in [1.807, 2.05) is 47.4 Å². The van der Waals surface area contributed by atoms with Crippen molar-refractivity contribution in [3.8, 4) is 6.07 Å². The lowest BCUT2D eigenvalue weighted by atomic mass is 10.1. The Morgan fingerprint density at radius 1 is 1.12 bits per heavy atom. The van der Waals surface area contributed by atoms with Gasteiger partial charge in [-0.1, -0.05) is 31.2 Å². The zero-order valence-electron chi connectivity index (χ0n) is 14.4. The number of rotatable bonds is 3. The first-order valence-electron chi connectivity index (χ1n) is 8.60. The maximum atomic E-state index is 12.5. The molecule has 1 aliphatic rings. The molecule has 0 radical (unpaired) electrons.